The second-order valence-corrected chi connectivity index (χ2v) is 5.01. The lowest BCUT2D eigenvalue weighted by molar-refractivity contribution is -0.132. The summed E-state index contributed by atoms with van der Waals surface area (Å²) in [5.74, 6) is -0.729. The molecule has 102 valence electrons. The number of carboxylic acids is 1. The summed E-state index contributed by atoms with van der Waals surface area (Å²) in [6.07, 6.45) is 1.44. The number of thioether (sulfide) groups is 1. The van der Waals surface area contributed by atoms with Crippen LogP contribution in [0.4, 0.5) is 0 Å². The van der Waals surface area contributed by atoms with Crippen LogP contribution in [0.5, 0.6) is 0 Å². The smallest absolute Gasteiger partial charge is 0.354 e. The molecule has 0 saturated carbocycles. The zero-order valence-electron chi connectivity index (χ0n) is 10.2. The van der Waals surface area contributed by atoms with Crippen molar-refractivity contribution < 1.29 is 19.4 Å². The van der Waals surface area contributed by atoms with Crippen LogP contribution in [0, 0.1) is 0 Å². The van der Waals surface area contributed by atoms with E-state index >= 15 is 0 Å². The fraction of sp³-hybridized carbons (Fsp3) is 0.417. The Labute approximate surface area is 114 Å². The monoisotopic (exact) mass is 282 g/mol. The Morgan fingerprint density at radius 2 is 2.16 bits per heavy atom. The van der Waals surface area contributed by atoms with Crippen molar-refractivity contribution in [3.8, 4) is 0 Å². The van der Waals surface area contributed by atoms with E-state index in [0.29, 0.717) is 32.1 Å². The van der Waals surface area contributed by atoms with Gasteiger partial charge in [0.15, 0.2) is 0 Å². The molecule has 19 heavy (non-hydrogen) atoms. The molecule has 1 fully saturated rings. The molecule has 1 aliphatic rings. The summed E-state index contributed by atoms with van der Waals surface area (Å²) >= 11 is 1.32. The minimum atomic E-state index is -1.07. The van der Waals surface area contributed by atoms with Crippen LogP contribution in [0.2, 0.25) is 0 Å². The summed E-state index contributed by atoms with van der Waals surface area (Å²) in [5.41, 5.74) is -0.0104. The number of aromatic nitrogens is 1. The normalized spacial score (nSPS) is 15.3. The highest BCUT2D eigenvalue weighted by Crippen LogP contribution is 2.18. The standard InChI is InChI=1S/C12H14N2O4S/c15-11(14-3-5-18-6-4-14)8-19-9-1-2-13-10(7-9)12(16)17/h1-2,7H,3-6,8H2,(H,16,17). The van der Waals surface area contributed by atoms with E-state index in [0.717, 1.165) is 4.90 Å². The lowest BCUT2D eigenvalue weighted by atomic mass is 10.3. The number of carbonyl (C=O) groups is 2. The Morgan fingerprint density at radius 1 is 1.42 bits per heavy atom. The zero-order valence-corrected chi connectivity index (χ0v) is 11.1. The van der Waals surface area contributed by atoms with Gasteiger partial charge in [0.1, 0.15) is 5.69 Å². The van der Waals surface area contributed by atoms with Gasteiger partial charge in [-0.2, -0.15) is 0 Å². The number of morpholine rings is 1. The molecule has 1 aromatic rings. The van der Waals surface area contributed by atoms with Crippen molar-refractivity contribution in [1.82, 2.24) is 9.88 Å². The number of amides is 1. The molecule has 1 aliphatic heterocycles. The van der Waals surface area contributed by atoms with Crippen LogP contribution in [0.15, 0.2) is 23.2 Å². The highest BCUT2D eigenvalue weighted by atomic mass is 32.2. The van der Waals surface area contributed by atoms with Crippen LogP contribution in [0.3, 0.4) is 0 Å². The third-order valence-corrected chi connectivity index (χ3v) is 3.66. The average Bonchev–Trinajstić information content (AvgIpc) is 2.46. The van der Waals surface area contributed by atoms with Crippen molar-refractivity contribution in [3.63, 3.8) is 0 Å². The van der Waals surface area contributed by atoms with Gasteiger partial charge < -0.3 is 14.7 Å². The molecule has 1 N–H and O–H groups in total. The predicted octanol–water partition coefficient (Wildman–Crippen LogP) is 0.731. The van der Waals surface area contributed by atoms with Gasteiger partial charge >= 0.3 is 5.97 Å². The molecule has 0 radical (unpaired) electrons. The molecule has 0 aromatic carbocycles. The lowest BCUT2D eigenvalue weighted by Crippen LogP contribution is -2.41. The first-order valence-electron chi connectivity index (χ1n) is 5.84. The highest BCUT2D eigenvalue weighted by molar-refractivity contribution is 8.00. The number of pyridine rings is 1. The van der Waals surface area contributed by atoms with Gasteiger partial charge in [0, 0.05) is 24.2 Å². The molecule has 2 rings (SSSR count). The number of carboxylic acid groups (broad SMARTS) is 1. The van der Waals surface area contributed by atoms with E-state index in [4.69, 9.17) is 9.84 Å². The summed E-state index contributed by atoms with van der Waals surface area (Å²) in [5, 5.41) is 8.83. The number of nitrogens with zero attached hydrogens (tertiary/aromatic N) is 2. The van der Waals surface area contributed by atoms with Crippen molar-refractivity contribution in [1.29, 1.82) is 0 Å². The molecule has 2 heterocycles. The number of ether oxygens (including phenoxy) is 1. The predicted molar refractivity (Wildman–Crippen MR) is 69.3 cm³/mol. The van der Waals surface area contributed by atoms with Crippen LogP contribution in [-0.2, 0) is 9.53 Å². The highest BCUT2D eigenvalue weighted by Gasteiger charge is 2.17. The third-order valence-electron chi connectivity index (χ3n) is 2.68. The van der Waals surface area contributed by atoms with Crippen molar-refractivity contribution in [2.45, 2.75) is 4.90 Å². The number of rotatable bonds is 4. The van der Waals surface area contributed by atoms with Gasteiger partial charge in [-0.3, -0.25) is 4.79 Å². The van der Waals surface area contributed by atoms with E-state index < -0.39 is 5.97 Å². The molecule has 0 unspecified atom stereocenters. The van der Waals surface area contributed by atoms with Gasteiger partial charge in [-0.1, -0.05) is 0 Å². The van der Waals surface area contributed by atoms with Crippen molar-refractivity contribution in [3.05, 3.63) is 24.0 Å². The first-order chi connectivity index (χ1) is 9.16. The first kappa shape index (κ1) is 13.8. The van der Waals surface area contributed by atoms with Crippen LogP contribution < -0.4 is 0 Å². The van der Waals surface area contributed by atoms with Crippen molar-refractivity contribution in [2.75, 3.05) is 32.1 Å². The Hall–Kier alpha value is -1.60. The Balaban J connectivity index is 1.89. The Bertz CT molecular complexity index is 475. The molecule has 0 atom stereocenters. The van der Waals surface area contributed by atoms with Gasteiger partial charge in [-0.15, -0.1) is 11.8 Å². The number of hydrogen-bond acceptors (Lipinski definition) is 5. The summed E-state index contributed by atoms with van der Waals surface area (Å²) in [6.45, 7) is 2.40. The maximum atomic E-state index is 11.9. The van der Waals surface area contributed by atoms with Crippen LogP contribution in [-0.4, -0.2) is 58.9 Å². The van der Waals surface area contributed by atoms with Crippen molar-refractivity contribution >= 4 is 23.6 Å². The van der Waals surface area contributed by atoms with Crippen molar-refractivity contribution in [2.24, 2.45) is 0 Å². The van der Waals surface area contributed by atoms with E-state index in [9.17, 15) is 9.59 Å². The fourth-order valence-corrected chi connectivity index (χ4v) is 2.49. The maximum absolute atomic E-state index is 11.9. The van der Waals surface area contributed by atoms with E-state index in [1.165, 1.54) is 24.0 Å². The van der Waals surface area contributed by atoms with E-state index in [1.807, 2.05) is 0 Å². The number of carbonyl (C=O) groups excluding carboxylic acids is 1. The lowest BCUT2D eigenvalue weighted by Gasteiger charge is -2.26. The third kappa shape index (κ3) is 3.93. The molecule has 7 heteroatoms. The van der Waals surface area contributed by atoms with E-state index in [2.05, 4.69) is 4.98 Å². The molecule has 0 bridgehead atoms. The van der Waals surface area contributed by atoms with Gasteiger partial charge in [-0.25, -0.2) is 9.78 Å². The quantitative estimate of drug-likeness (QED) is 0.820. The van der Waals surface area contributed by atoms with Crippen LogP contribution >= 0.6 is 11.8 Å². The van der Waals surface area contributed by atoms with Crippen LogP contribution in [0.1, 0.15) is 10.5 Å². The number of hydrogen-bond donors (Lipinski definition) is 1. The largest absolute Gasteiger partial charge is 0.477 e. The van der Waals surface area contributed by atoms with E-state index in [1.54, 1.807) is 11.0 Å². The van der Waals surface area contributed by atoms with Gasteiger partial charge in [0.2, 0.25) is 5.91 Å². The molecule has 6 nitrogen and oxygen atoms in total. The SMILES string of the molecule is O=C(O)c1cc(SCC(=O)N2CCOCC2)ccn1. The van der Waals surface area contributed by atoms with E-state index in [-0.39, 0.29) is 11.6 Å². The second kappa shape index (κ2) is 6.53. The molecular weight excluding hydrogens is 268 g/mol. The number of aromatic carboxylic acids is 1. The topological polar surface area (TPSA) is 79.7 Å². The molecular formula is C12H14N2O4S. The molecule has 0 aliphatic carbocycles. The second-order valence-electron chi connectivity index (χ2n) is 3.96. The zero-order chi connectivity index (χ0) is 13.7. The molecule has 1 amide bonds. The Kier molecular flexibility index (Phi) is 4.75. The fourth-order valence-electron chi connectivity index (χ4n) is 1.67. The minimum Gasteiger partial charge on any atom is -0.477 e. The molecule has 1 aromatic heterocycles. The van der Waals surface area contributed by atoms with Gasteiger partial charge in [0.05, 0.1) is 19.0 Å². The van der Waals surface area contributed by atoms with Crippen LogP contribution in [0.25, 0.3) is 0 Å². The first-order valence-corrected chi connectivity index (χ1v) is 6.83. The maximum Gasteiger partial charge on any atom is 0.354 e. The minimum absolute atomic E-state index is 0.0104. The Morgan fingerprint density at radius 3 is 2.84 bits per heavy atom. The summed E-state index contributed by atoms with van der Waals surface area (Å²) in [7, 11) is 0. The summed E-state index contributed by atoms with van der Waals surface area (Å²) in [6, 6.07) is 3.17. The summed E-state index contributed by atoms with van der Waals surface area (Å²) < 4.78 is 5.18. The van der Waals surface area contributed by atoms with Gasteiger partial charge in [0.25, 0.3) is 0 Å². The average molecular weight is 282 g/mol. The molecule has 0 spiro atoms. The van der Waals surface area contributed by atoms with Gasteiger partial charge in [-0.05, 0) is 12.1 Å². The summed E-state index contributed by atoms with van der Waals surface area (Å²) in [4.78, 5) is 28.9. The molecule has 1 saturated heterocycles.